The van der Waals surface area contributed by atoms with E-state index in [0.717, 1.165) is 33.6 Å². The van der Waals surface area contributed by atoms with E-state index >= 15 is 0 Å². The summed E-state index contributed by atoms with van der Waals surface area (Å²) in [5, 5.41) is 1.12. The highest BCUT2D eigenvalue weighted by molar-refractivity contribution is 5.94. The van der Waals surface area contributed by atoms with Crippen molar-refractivity contribution in [3.63, 3.8) is 0 Å². The van der Waals surface area contributed by atoms with Crippen molar-refractivity contribution >= 4 is 16.8 Å². The van der Waals surface area contributed by atoms with Gasteiger partial charge in [-0.15, -0.1) is 0 Å². The number of hydrogen-bond acceptors (Lipinski definition) is 3. The van der Waals surface area contributed by atoms with Gasteiger partial charge >= 0.3 is 0 Å². The Morgan fingerprint density at radius 1 is 1.00 bits per heavy atom. The van der Waals surface area contributed by atoms with Crippen molar-refractivity contribution in [2.24, 2.45) is 7.05 Å². The van der Waals surface area contributed by atoms with E-state index in [1.807, 2.05) is 68.6 Å². The highest BCUT2D eigenvalue weighted by Crippen LogP contribution is 2.27. The monoisotopic (exact) mass is 415 g/mol. The third-order valence-corrected chi connectivity index (χ3v) is 5.12. The molecule has 2 heterocycles. The van der Waals surface area contributed by atoms with Gasteiger partial charge in [-0.25, -0.2) is 0 Å². The topological polar surface area (TPSA) is 47.4 Å². The Balaban J connectivity index is 0.000000254. The number of benzene rings is 2. The fourth-order valence-electron chi connectivity index (χ4n) is 3.39. The van der Waals surface area contributed by atoms with Crippen molar-refractivity contribution in [2.75, 3.05) is 21.2 Å². The lowest BCUT2D eigenvalue weighted by Crippen LogP contribution is -2.21. The van der Waals surface area contributed by atoms with Crippen molar-refractivity contribution in [3.05, 3.63) is 83.7 Å². The molecule has 1 amide bonds. The van der Waals surface area contributed by atoms with Crippen molar-refractivity contribution in [2.45, 2.75) is 13.8 Å². The van der Waals surface area contributed by atoms with E-state index in [9.17, 15) is 4.79 Å². The van der Waals surface area contributed by atoms with Gasteiger partial charge in [0, 0.05) is 49.7 Å². The Kier molecular flexibility index (Phi) is 6.75. The van der Waals surface area contributed by atoms with Crippen LogP contribution in [0.25, 0.3) is 22.2 Å². The Morgan fingerprint density at radius 3 is 2.29 bits per heavy atom. The molecule has 4 aromatic rings. The molecule has 31 heavy (non-hydrogen) atoms. The smallest absolute Gasteiger partial charge is 0.253 e. The molecule has 2 aromatic carbocycles. The number of pyridine rings is 1. The zero-order valence-electron chi connectivity index (χ0n) is 19.0. The van der Waals surface area contributed by atoms with E-state index in [4.69, 9.17) is 4.74 Å². The van der Waals surface area contributed by atoms with Crippen LogP contribution in [0.5, 0.6) is 5.75 Å². The first-order valence-corrected chi connectivity index (χ1v) is 10.1. The van der Waals surface area contributed by atoms with Crippen molar-refractivity contribution < 1.29 is 9.53 Å². The molecule has 0 bridgehead atoms. The van der Waals surface area contributed by atoms with Crippen LogP contribution in [0.3, 0.4) is 0 Å². The Bertz CT molecular complexity index is 1190. The van der Waals surface area contributed by atoms with E-state index < -0.39 is 0 Å². The zero-order chi connectivity index (χ0) is 22.5. The lowest BCUT2D eigenvalue weighted by Gasteiger charge is -2.11. The fraction of sp³-hybridized carbons (Fsp3) is 0.231. The van der Waals surface area contributed by atoms with Gasteiger partial charge in [0.05, 0.1) is 12.6 Å². The molecule has 0 aliphatic heterocycles. The second kappa shape index (κ2) is 9.47. The SMILES string of the molecule is COc1cccc(C)c1.Cc1cc2c(cn1)cc(-c1ccc(C(=O)N(C)C)cc1)n2C. The fourth-order valence-corrected chi connectivity index (χ4v) is 3.39. The normalized spacial score (nSPS) is 10.4. The molecule has 0 aliphatic rings. The van der Waals surface area contributed by atoms with Crippen LogP contribution in [-0.2, 0) is 7.05 Å². The molecule has 2 aromatic heterocycles. The summed E-state index contributed by atoms with van der Waals surface area (Å²) in [7, 11) is 7.25. The summed E-state index contributed by atoms with van der Waals surface area (Å²) >= 11 is 0. The predicted molar refractivity (Wildman–Crippen MR) is 127 cm³/mol. The number of hydrogen-bond donors (Lipinski definition) is 0. The van der Waals surface area contributed by atoms with E-state index in [2.05, 4.69) is 28.7 Å². The maximum Gasteiger partial charge on any atom is 0.253 e. The van der Waals surface area contributed by atoms with E-state index in [0.29, 0.717) is 5.56 Å². The molecule has 0 aliphatic carbocycles. The largest absolute Gasteiger partial charge is 0.497 e. The predicted octanol–water partition coefficient (Wildman–Crippen LogP) is 5.25. The summed E-state index contributed by atoms with van der Waals surface area (Å²) in [5.74, 6) is 0.943. The summed E-state index contributed by atoms with van der Waals surface area (Å²) in [6.07, 6.45) is 1.90. The molecule has 0 spiro atoms. The molecule has 0 radical (unpaired) electrons. The van der Waals surface area contributed by atoms with Crippen LogP contribution < -0.4 is 4.74 Å². The molecular weight excluding hydrogens is 386 g/mol. The number of aromatic nitrogens is 2. The van der Waals surface area contributed by atoms with Crippen molar-refractivity contribution in [1.82, 2.24) is 14.5 Å². The molecule has 5 heteroatoms. The van der Waals surface area contributed by atoms with Gasteiger partial charge in [-0.05, 0) is 61.4 Å². The van der Waals surface area contributed by atoms with Gasteiger partial charge in [-0.2, -0.15) is 0 Å². The van der Waals surface area contributed by atoms with Gasteiger partial charge in [-0.3, -0.25) is 9.78 Å². The third kappa shape index (κ3) is 5.12. The van der Waals surface area contributed by atoms with Crippen LogP contribution >= 0.6 is 0 Å². The molecule has 4 rings (SSSR count). The standard InChI is InChI=1S/C18H19N3O.C8H10O/c1-12-9-16-15(11-19-12)10-17(21(16)4)13-5-7-14(8-6-13)18(22)20(2)3;1-7-4-3-5-8(6-7)9-2/h5-11H,1-4H3;3-6H,1-2H3. The van der Waals surface area contributed by atoms with Crippen LogP contribution in [0.15, 0.2) is 66.9 Å². The van der Waals surface area contributed by atoms with Gasteiger partial charge < -0.3 is 14.2 Å². The number of fused-ring (bicyclic) bond motifs is 1. The second-order valence-electron chi connectivity index (χ2n) is 7.77. The number of ether oxygens (including phenoxy) is 1. The minimum Gasteiger partial charge on any atom is -0.497 e. The molecule has 0 N–H and O–H groups in total. The molecule has 0 saturated carbocycles. The summed E-state index contributed by atoms with van der Waals surface area (Å²) in [6, 6.07) is 19.9. The Labute approximate surface area is 183 Å². The van der Waals surface area contributed by atoms with Crippen molar-refractivity contribution in [1.29, 1.82) is 0 Å². The molecule has 0 saturated heterocycles. The average Bonchev–Trinajstić information content (AvgIpc) is 3.09. The summed E-state index contributed by atoms with van der Waals surface area (Å²) < 4.78 is 7.15. The number of aryl methyl sites for hydroxylation is 3. The molecule has 0 atom stereocenters. The molecule has 160 valence electrons. The average molecular weight is 416 g/mol. The van der Waals surface area contributed by atoms with E-state index in [1.54, 1.807) is 26.1 Å². The van der Waals surface area contributed by atoms with Gasteiger partial charge in [0.2, 0.25) is 0 Å². The van der Waals surface area contributed by atoms with Gasteiger partial charge in [0.1, 0.15) is 5.75 Å². The highest BCUT2D eigenvalue weighted by Gasteiger charge is 2.11. The lowest BCUT2D eigenvalue weighted by molar-refractivity contribution is 0.0827. The minimum absolute atomic E-state index is 0.0171. The van der Waals surface area contributed by atoms with Crippen LogP contribution in [-0.4, -0.2) is 41.6 Å². The number of rotatable bonds is 3. The highest BCUT2D eigenvalue weighted by atomic mass is 16.5. The van der Waals surface area contributed by atoms with Crippen LogP contribution in [0.4, 0.5) is 0 Å². The zero-order valence-corrected chi connectivity index (χ0v) is 19.0. The van der Waals surface area contributed by atoms with Gasteiger partial charge in [0.15, 0.2) is 0 Å². The molecular formula is C26H29N3O2. The number of carbonyl (C=O) groups excluding carboxylic acids is 1. The number of amides is 1. The molecule has 0 fully saturated rings. The quantitative estimate of drug-likeness (QED) is 0.459. The number of carbonyl (C=O) groups is 1. The first-order valence-electron chi connectivity index (χ1n) is 10.1. The van der Waals surface area contributed by atoms with Crippen LogP contribution in [0.2, 0.25) is 0 Å². The number of nitrogens with zero attached hydrogens (tertiary/aromatic N) is 3. The maximum absolute atomic E-state index is 11.9. The van der Waals surface area contributed by atoms with E-state index in [1.165, 1.54) is 5.56 Å². The Hall–Kier alpha value is -3.60. The van der Waals surface area contributed by atoms with Gasteiger partial charge in [0.25, 0.3) is 5.91 Å². The molecule has 5 nitrogen and oxygen atoms in total. The van der Waals surface area contributed by atoms with Crippen LogP contribution in [0, 0.1) is 13.8 Å². The third-order valence-electron chi connectivity index (χ3n) is 5.12. The minimum atomic E-state index is 0.0171. The van der Waals surface area contributed by atoms with Crippen molar-refractivity contribution in [3.8, 4) is 17.0 Å². The lowest BCUT2D eigenvalue weighted by atomic mass is 10.1. The number of methoxy groups -OCH3 is 1. The first-order chi connectivity index (χ1) is 14.8. The molecule has 0 unspecified atom stereocenters. The maximum atomic E-state index is 11.9. The first kappa shape index (κ1) is 22.1. The van der Waals surface area contributed by atoms with E-state index in [-0.39, 0.29) is 5.91 Å². The summed E-state index contributed by atoms with van der Waals surface area (Å²) in [4.78, 5) is 17.9. The van der Waals surface area contributed by atoms with Crippen LogP contribution in [0.1, 0.15) is 21.6 Å². The summed E-state index contributed by atoms with van der Waals surface area (Å²) in [5.41, 5.74) is 6.31. The second-order valence-corrected chi connectivity index (χ2v) is 7.77. The van der Waals surface area contributed by atoms with Gasteiger partial charge in [-0.1, -0.05) is 24.3 Å². The summed E-state index contributed by atoms with van der Waals surface area (Å²) in [6.45, 7) is 4.04. The Morgan fingerprint density at radius 2 is 1.71 bits per heavy atom.